The van der Waals surface area contributed by atoms with Crippen LogP contribution in [0, 0.1) is 10.1 Å². The molecule has 3 aromatic rings. The number of hydrogen-bond donors (Lipinski definition) is 1. The van der Waals surface area contributed by atoms with Gasteiger partial charge in [0.05, 0.1) is 29.4 Å². The molecule has 1 aromatic heterocycles. The topological polar surface area (TPSA) is 84.7 Å². The predicted molar refractivity (Wildman–Crippen MR) is 114 cm³/mol. The number of hydrogen-bond acceptors (Lipinski definition) is 6. The highest BCUT2D eigenvalue weighted by Gasteiger charge is 2.22. The number of ether oxygens (including phenoxy) is 1. The van der Waals surface area contributed by atoms with Crippen LogP contribution >= 0.6 is 11.3 Å². The zero-order valence-electron chi connectivity index (χ0n) is 15.5. The van der Waals surface area contributed by atoms with Crippen LogP contribution in [0.5, 0.6) is 0 Å². The maximum Gasteiger partial charge on any atom is 0.270 e. The Bertz CT molecular complexity index is 1030. The van der Waals surface area contributed by atoms with Gasteiger partial charge in [0, 0.05) is 41.4 Å². The molecule has 0 radical (unpaired) electrons. The standard InChI is InChI=1S/C21H19N3O4S/c25-21(22-18-5-2-1-4-16(18)20-6-3-13-29-20)17-14-15(24(26)27)7-8-19(17)23-9-11-28-12-10-23/h1-8,13-14H,9-12H2,(H,22,25). The highest BCUT2D eigenvalue weighted by molar-refractivity contribution is 7.13. The third kappa shape index (κ3) is 4.13. The van der Waals surface area contributed by atoms with Crippen molar-refractivity contribution in [3.8, 4) is 10.4 Å². The Morgan fingerprint density at radius 2 is 1.90 bits per heavy atom. The first-order chi connectivity index (χ1) is 14.1. The Morgan fingerprint density at radius 1 is 1.10 bits per heavy atom. The lowest BCUT2D eigenvalue weighted by Gasteiger charge is -2.30. The zero-order chi connectivity index (χ0) is 20.2. The lowest BCUT2D eigenvalue weighted by atomic mass is 10.1. The van der Waals surface area contributed by atoms with Crippen LogP contribution in [0.4, 0.5) is 17.1 Å². The number of para-hydroxylation sites is 1. The SMILES string of the molecule is O=C(Nc1ccccc1-c1cccs1)c1cc([N+](=O)[O-])ccc1N1CCOCC1. The molecule has 1 N–H and O–H groups in total. The van der Waals surface area contributed by atoms with Crippen LogP contribution < -0.4 is 10.2 Å². The Labute approximate surface area is 171 Å². The van der Waals surface area contributed by atoms with Gasteiger partial charge in [0.2, 0.25) is 0 Å². The lowest BCUT2D eigenvalue weighted by molar-refractivity contribution is -0.384. The summed E-state index contributed by atoms with van der Waals surface area (Å²) in [7, 11) is 0. The van der Waals surface area contributed by atoms with Crippen LogP contribution in [0.1, 0.15) is 10.4 Å². The molecule has 1 fully saturated rings. The molecular formula is C21H19N3O4S. The number of morpholine rings is 1. The van der Waals surface area contributed by atoms with Crippen molar-refractivity contribution in [2.45, 2.75) is 0 Å². The predicted octanol–water partition coefficient (Wildman–Crippen LogP) is 4.41. The largest absolute Gasteiger partial charge is 0.378 e. The number of amides is 1. The number of benzene rings is 2. The molecule has 148 valence electrons. The van der Waals surface area contributed by atoms with Crippen LogP contribution in [0.15, 0.2) is 60.0 Å². The van der Waals surface area contributed by atoms with Gasteiger partial charge in [-0.2, -0.15) is 0 Å². The van der Waals surface area contributed by atoms with E-state index in [9.17, 15) is 14.9 Å². The molecule has 1 aliphatic heterocycles. The van der Waals surface area contributed by atoms with E-state index in [4.69, 9.17) is 4.74 Å². The highest BCUT2D eigenvalue weighted by atomic mass is 32.1. The summed E-state index contributed by atoms with van der Waals surface area (Å²) in [5.74, 6) is -0.376. The van der Waals surface area contributed by atoms with E-state index in [0.717, 1.165) is 10.4 Å². The summed E-state index contributed by atoms with van der Waals surface area (Å²) < 4.78 is 5.39. The van der Waals surface area contributed by atoms with Gasteiger partial charge in [-0.15, -0.1) is 11.3 Å². The van der Waals surface area contributed by atoms with E-state index < -0.39 is 4.92 Å². The van der Waals surface area contributed by atoms with Gasteiger partial charge in [-0.05, 0) is 23.6 Å². The van der Waals surface area contributed by atoms with Crippen LogP contribution in [0.25, 0.3) is 10.4 Å². The number of carbonyl (C=O) groups excluding carboxylic acids is 1. The second-order valence-electron chi connectivity index (χ2n) is 6.53. The maximum atomic E-state index is 13.2. The first kappa shape index (κ1) is 19.1. The fourth-order valence-corrected chi connectivity index (χ4v) is 4.09. The fraction of sp³-hybridized carbons (Fsp3) is 0.190. The van der Waals surface area contributed by atoms with Gasteiger partial charge < -0.3 is 15.0 Å². The van der Waals surface area contributed by atoms with E-state index in [0.29, 0.717) is 37.7 Å². The molecule has 29 heavy (non-hydrogen) atoms. The summed E-state index contributed by atoms with van der Waals surface area (Å²) in [5, 5.41) is 16.2. The molecule has 0 unspecified atom stereocenters. The van der Waals surface area contributed by atoms with Crippen LogP contribution in [0.2, 0.25) is 0 Å². The molecule has 0 atom stereocenters. The molecule has 0 spiro atoms. The molecule has 7 nitrogen and oxygen atoms in total. The van der Waals surface area contributed by atoms with Crippen molar-refractivity contribution in [2.75, 3.05) is 36.5 Å². The number of rotatable bonds is 5. The lowest BCUT2D eigenvalue weighted by Crippen LogP contribution is -2.37. The van der Waals surface area contributed by atoms with E-state index in [-0.39, 0.29) is 17.2 Å². The second-order valence-corrected chi connectivity index (χ2v) is 7.48. The van der Waals surface area contributed by atoms with E-state index in [1.807, 2.05) is 46.7 Å². The Kier molecular flexibility index (Phi) is 5.55. The molecule has 1 saturated heterocycles. The average molecular weight is 409 g/mol. The van der Waals surface area contributed by atoms with E-state index >= 15 is 0 Å². The van der Waals surface area contributed by atoms with Crippen molar-refractivity contribution in [1.82, 2.24) is 0 Å². The van der Waals surface area contributed by atoms with Gasteiger partial charge in [0.15, 0.2) is 0 Å². The summed E-state index contributed by atoms with van der Waals surface area (Å²) >= 11 is 1.58. The Balaban J connectivity index is 1.69. The number of thiophene rings is 1. The van der Waals surface area contributed by atoms with Gasteiger partial charge in [-0.1, -0.05) is 24.3 Å². The fourth-order valence-electron chi connectivity index (χ4n) is 3.33. The molecule has 1 amide bonds. The highest BCUT2D eigenvalue weighted by Crippen LogP contribution is 2.33. The van der Waals surface area contributed by atoms with Gasteiger partial charge in [-0.3, -0.25) is 14.9 Å². The van der Waals surface area contributed by atoms with Crippen molar-refractivity contribution < 1.29 is 14.5 Å². The minimum atomic E-state index is -0.487. The van der Waals surface area contributed by atoms with Gasteiger partial charge in [0.1, 0.15) is 0 Å². The third-order valence-corrected chi connectivity index (χ3v) is 5.65. The molecule has 4 rings (SSSR count). The number of carbonyl (C=O) groups is 1. The van der Waals surface area contributed by atoms with Crippen molar-refractivity contribution in [1.29, 1.82) is 0 Å². The van der Waals surface area contributed by atoms with Crippen molar-refractivity contribution in [3.05, 3.63) is 75.7 Å². The molecular weight excluding hydrogens is 390 g/mol. The van der Waals surface area contributed by atoms with Crippen LogP contribution in [-0.4, -0.2) is 37.1 Å². The zero-order valence-corrected chi connectivity index (χ0v) is 16.4. The molecule has 2 heterocycles. The van der Waals surface area contributed by atoms with E-state index in [1.165, 1.54) is 12.1 Å². The molecule has 8 heteroatoms. The average Bonchev–Trinajstić information content (AvgIpc) is 3.29. The number of nitro groups is 1. The molecule has 0 bridgehead atoms. The van der Waals surface area contributed by atoms with E-state index in [1.54, 1.807) is 17.4 Å². The number of nitrogens with zero attached hydrogens (tertiary/aromatic N) is 2. The minimum Gasteiger partial charge on any atom is -0.378 e. The Morgan fingerprint density at radius 3 is 2.62 bits per heavy atom. The molecule has 0 saturated carbocycles. The quantitative estimate of drug-likeness (QED) is 0.498. The summed E-state index contributed by atoms with van der Waals surface area (Å²) in [6, 6.07) is 15.9. The smallest absolute Gasteiger partial charge is 0.270 e. The molecule has 2 aromatic carbocycles. The Hall–Kier alpha value is -3.23. The van der Waals surface area contributed by atoms with Gasteiger partial charge in [-0.25, -0.2) is 0 Å². The normalized spacial score (nSPS) is 13.9. The van der Waals surface area contributed by atoms with Crippen molar-refractivity contribution >= 4 is 34.3 Å². The summed E-state index contributed by atoms with van der Waals surface area (Å²) in [6.07, 6.45) is 0. The van der Waals surface area contributed by atoms with Gasteiger partial charge in [0.25, 0.3) is 11.6 Å². The molecule has 0 aliphatic carbocycles. The van der Waals surface area contributed by atoms with Crippen molar-refractivity contribution in [3.63, 3.8) is 0 Å². The summed E-state index contributed by atoms with van der Waals surface area (Å²) in [4.78, 5) is 27.0. The summed E-state index contributed by atoms with van der Waals surface area (Å²) in [6.45, 7) is 2.37. The molecule has 1 aliphatic rings. The maximum absolute atomic E-state index is 13.2. The van der Waals surface area contributed by atoms with Crippen LogP contribution in [0.3, 0.4) is 0 Å². The number of nitrogens with one attached hydrogen (secondary N) is 1. The second kappa shape index (κ2) is 8.42. The van der Waals surface area contributed by atoms with E-state index in [2.05, 4.69) is 5.32 Å². The monoisotopic (exact) mass is 409 g/mol. The number of anilines is 2. The van der Waals surface area contributed by atoms with Crippen molar-refractivity contribution in [2.24, 2.45) is 0 Å². The minimum absolute atomic E-state index is 0.112. The summed E-state index contributed by atoms with van der Waals surface area (Å²) in [5.41, 5.74) is 2.42. The number of non-ortho nitro benzene ring substituents is 1. The first-order valence-corrected chi connectivity index (χ1v) is 10.1. The first-order valence-electron chi connectivity index (χ1n) is 9.19. The van der Waals surface area contributed by atoms with Gasteiger partial charge >= 0.3 is 0 Å². The van der Waals surface area contributed by atoms with Crippen LogP contribution in [-0.2, 0) is 4.74 Å². The third-order valence-electron chi connectivity index (χ3n) is 4.75. The number of nitro benzene ring substituents is 1.